The number of aryl methyl sites for hydroxylation is 1. The molecule has 76 valence electrons. The van der Waals surface area contributed by atoms with Crippen LogP contribution in [0.1, 0.15) is 17.4 Å². The molecule has 0 saturated heterocycles. The van der Waals surface area contributed by atoms with Crippen LogP contribution in [0, 0.1) is 0 Å². The predicted octanol–water partition coefficient (Wildman–Crippen LogP) is 1.68. The summed E-state index contributed by atoms with van der Waals surface area (Å²) < 4.78 is 1.87. The summed E-state index contributed by atoms with van der Waals surface area (Å²) in [7, 11) is 1.91. The summed E-state index contributed by atoms with van der Waals surface area (Å²) in [6, 6.07) is 3.57. The Hall–Kier alpha value is -1.97. The van der Waals surface area contributed by atoms with Crippen molar-refractivity contribution in [2.24, 2.45) is 7.05 Å². The average Bonchev–Trinajstić information content (AvgIpc) is 2.65. The maximum atomic E-state index is 11.0. The topological polar surface area (TPSA) is 47.8 Å². The molecule has 0 aliphatic rings. The third kappa shape index (κ3) is 1.93. The van der Waals surface area contributed by atoms with Gasteiger partial charge in [-0.1, -0.05) is 0 Å². The Morgan fingerprint density at radius 3 is 2.60 bits per heavy atom. The molecule has 0 amide bonds. The fraction of sp³-hybridized carbons (Fsp3) is 0.182. The summed E-state index contributed by atoms with van der Waals surface area (Å²) in [5, 5.41) is 0. The van der Waals surface area contributed by atoms with Crippen molar-refractivity contribution in [3.8, 4) is 11.3 Å². The summed E-state index contributed by atoms with van der Waals surface area (Å²) in [6.07, 6.45) is 5.30. The van der Waals surface area contributed by atoms with Crippen molar-refractivity contribution in [3.05, 3.63) is 36.5 Å². The second-order valence-corrected chi connectivity index (χ2v) is 3.41. The monoisotopic (exact) mass is 201 g/mol. The van der Waals surface area contributed by atoms with Gasteiger partial charge in [-0.15, -0.1) is 0 Å². The molecular weight excluding hydrogens is 190 g/mol. The highest BCUT2D eigenvalue weighted by Gasteiger charge is 2.03. The zero-order valence-corrected chi connectivity index (χ0v) is 8.64. The summed E-state index contributed by atoms with van der Waals surface area (Å²) in [5.41, 5.74) is 2.26. The van der Waals surface area contributed by atoms with Crippen LogP contribution in [0.5, 0.6) is 0 Å². The lowest BCUT2D eigenvalue weighted by Gasteiger charge is -1.97. The van der Waals surface area contributed by atoms with Gasteiger partial charge in [0.05, 0.1) is 12.0 Å². The van der Waals surface area contributed by atoms with E-state index < -0.39 is 0 Å². The Balaban J connectivity index is 2.35. The van der Waals surface area contributed by atoms with Crippen LogP contribution in [0.25, 0.3) is 11.3 Å². The fourth-order valence-corrected chi connectivity index (χ4v) is 1.32. The number of aromatic nitrogens is 3. The second-order valence-electron chi connectivity index (χ2n) is 3.41. The Morgan fingerprint density at radius 2 is 2.13 bits per heavy atom. The van der Waals surface area contributed by atoms with E-state index in [-0.39, 0.29) is 5.78 Å². The van der Waals surface area contributed by atoms with Gasteiger partial charge in [0.15, 0.2) is 5.78 Å². The van der Waals surface area contributed by atoms with Gasteiger partial charge in [-0.3, -0.25) is 9.78 Å². The molecule has 0 N–H and O–H groups in total. The Kier molecular flexibility index (Phi) is 2.33. The molecule has 4 heteroatoms. The number of carbonyl (C=O) groups excluding carboxylic acids is 1. The van der Waals surface area contributed by atoms with Crippen molar-refractivity contribution in [2.75, 3.05) is 0 Å². The first kappa shape index (κ1) is 9.58. The van der Waals surface area contributed by atoms with Gasteiger partial charge in [0.1, 0.15) is 5.69 Å². The number of imidazole rings is 1. The van der Waals surface area contributed by atoms with Crippen LogP contribution in [0.3, 0.4) is 0 Å². The molecule has 0 atom stereocenters. The molecule has 2 heterocycles. The van der Waals surface area contributed by atoms with Crippen molar-refractivity contribution in [3.63, 3.8) is 0 Å². The molecule has 0 fully saturated rings. The molecule has 0 aliphatic carbocycles. The van der Waals surface area contributed by atoms with E-state index in [1.165, 1.54) is 6.92 Å². The first-order valence-electron chi connectivity index (χ1n) is 4.62. The summed E-state index contributed by atoms with van der Waals surface area (Å²) in [6.45, 7) is 1.50. The highest BCUT2D eigenvalue weighted by Crippen LogP contribution is 2.15. The van der Waals surface area contributed by atoms with E-state index in [0.717, 1.165) is 11.3 Å². The van der Waals surface area contributed by atoms with Crippen LogP contribution in [-0.4, -0.2) is 20.3 Å². The smallest absolute Gasteiger partial charge is 0.178 e. The maximum absolute atomic E-state index is 11.0. The number of Topliss-reactive ketones (excluding diaryl/α,β-unsaturated/α-hetero) is 1. The van der Waals surface area contributed by atoms with Gasteiger partial charge in [0, 0.05) is 31.9 Å². The van der Waals surface area contributed by atoms with Crippen LogP contribution in [0.4, 0.5) is 0 Å². The Bertz CT molecular complexity index is 485. The number of ketones is 1. The second kappa shape index (κ2) is 3.65. The molecule has 2 aromatic rings. The molecule has 0 bridgehead atoms. The van der Waals surface area contributed by atoms with Crippen LogP contribution in [0.15, 0.2) is 30.9 Å². The molecular formula is C11H11N3O. The molecule has 0 aromatic carbocycles. The van der Waals surface area contributed by atoms with Crippen LogP contribution < -0.4 is 0 Å². The first-order valence-corrected chi connectivity index (χ1v) is 4.62. The summed E-state index contributed by atoms with van der Waals surface area (Å²) >= 11 is 0. The van der Waals surface area contributed by atoms with Crippen LogP contribution in [-0.2, 0) is 7.05 Å². The van der Waals surface area contributed by atoms with Crippen LogP contribution in [0.2, 0.25) is 0 Å². The number of carbonyl (C=O) groups is 1. The van der Waals surface area contributed by atoms with Crippen molar-refractivity contribution in [1.82, 2.24) is 14.5 Å². The molecule has 0 unspecified atom stereocenters. The van der Waals surface area contributed by atoms with E-state index in [2.05, 4.69) is 9.97 Å². The molecule has 0 saturated carbocycles. The number of rotatable bonds is 2. The zero-order chi connectivity index (χ0) is 10.8. The summed E-state index contributed by atoms with van der Waals surface area (Å²) in [4.78, 5) is 19.3. The molecule has 2 rings (SSSR count). The Morgan fingerprint density at radius 1 is 1.33 bits per heavy atom. The first-order chi connectivity index (χ1) is 7.16. The minimum Gasteiger partial charge on any atom is -0.340 e. The molecule has 0 radical (unpaired) electrons. The minimum atomic E-state index is -0.0254. The van der Waals surface area contributed by atoms with Gasteiger partial charge in [-0.2, -0.15) is 0 Å². The third-order valence-electron chi connectivity index (χ3n) is 2.12. The van der Waals surface area contributed by atoms with Gasteiger partial charge < -0.3 is 4.57 Å². The average molecular weight is 201 g/mol. The highest BCUT2D eigenvalue weighted by molar-refractivity contribution is 5.92. The van der Waals surface area contributed by atoms with E-state index in [0.29, 0.717) is 5.69 Å². The molecule has 4 nitrogen and oxygen atoms in total. The van der Waals surface area contributed by atoms with Gasteiger partial charge in [-0.05, 0) is 12.1 Å². The van der Waals surface area contributed by atoms with Crippen molar-refractivity contribution < 1.29 is 4.79 Å². The van der Waals surface area contributed by atoms with Crippen LogP contribution >= 0.6 is 0 Å². The Labute approximate surface area is 87.6 Å². The predicted molar refractivity (Wildman–Crippen MR) is 56.4 cm³/mol. The molecule has 0 spiro atoms. The van der Waals surface area contributed by atoms with E-state index >= 15 is 0 Å². The lowest BCUT2D eigenvalue weighted by atomic mass is 10.2. The normalized spacial score (nSPS) is 10.3. The van der Waals surface area contributed by atoms with Gasteiger partial charge in [-0.25, -0.2) is 4.98 Å². The van der Waals surface area contributed by atoms with E-state index in [4.69, 9.17) is 0 Å². The van der Waals surface area contributed by atoms with Crippen molar-refractivity contribution >= 4 is 5.78 Å². The lowest BCUT2D eigenvalue weighted by molar-refractivity contribution is 0.101. The van der Waals surface area contributed by atoms with E-state index in [1.807, 2.05) is 23.9 Å². The van der Waals surface area contributed by atoms with Crippen molar-refractivity contribution in [1.29, 1.82) is 0 Å². The number of pyridine rings is 1. The zero-order valence-electron chi connectivity index (χ0n) is 8.64. The lowest BCUT2D eigenvalue weighted by Crippen LogP contribution is -1.95. The highest BCUT2D eigenvalue weighted by atomic mass is 16.1. The minimum absolute atomic E-state index is 0.0254. The quantitative estimate of drug-likeness (QED) is 0.694. The number of hydrogen-bond donors (Lipinski definition) is 0. The number of nitrogens with zero attached hydrogens (tertiary/aromatic N) is 3. The fourth-order valence-electron chi connectivity index (χ4n) is 1.32. The largest absolute Gasteiger partial charge is 0.340 e. The SMILES string of the molecule is CC(=O)c1ccc(-c2cn(C)cn2)cn1. The maximum Gasteiger partial charge on any atom is 0.178 e. The van der Waals surface area contributed by atoms with Gasteiger partial charge in [0.25, 0.3) is 0 Å². The molecule has 2 aromatic heterocycles. The van der Waals surface area contributed by atoms with Crippen molar-refractivity contribution in [2.45, 2.75) is 6.92 Å². The van der Waals surface area contributed by atoms with E-state index in [1.54, 1.807) is 18.6 Å². The standard InChI is InChI=1S/C11H11N3O/c1-8(15)10-4-3-9(5-12-10)11-6-14(2)7-13-11/h3-7H,1-2H3. The molecule has 0 aliphatic heterocycles. The summed E-state index contributed by atoms with van der Waals surface area (Å²) in [5.74, 6) is -0.0254. The van der Waals surface area contributed by atoms with Gasteiger partial charge in [0.2, 0.25) is 0 Å². The van der Waals surface area contributed by atoms with E-state index in [9.17, 15) is 4.79 Å². The van der Waals surface area contributed by atoms with Gasteiger partial charge >= 0.3 is 0 Å². The third-order valence-corrected chi connectivity index (χ3v) is 2.12. The number of hydrogen-bond acceptors (Lipinski definition) is 3. The molecule has 15 heavy (non-hydrogen) atoms.